The second kappa shape index (κ2) is 11.0. The van der Waals surface area contributed by atoms with Gasteiger partial charge in [-0.1, -0.05) is 34.1 Å². The molecule has 0 saturated carbocycles. The van der Waals surface area contributed by atoms with Crippen LogP contribution >= 0.6 is 15.9 Å². The van der Waals surface area contributed by atoms with Gasteiger partial charge in [-0.2, -0.15) is 0 Å². The van der Waals surface area contributed by atoms with E-state index in [1.54, 1.807) is 0 Å². The normalized spacial score (nSPS) is 18.3. The fourth-order valence-electron chi connectivity index (χ4n) is 5.75. The number of aromatic nitrogens is 1. The summed E-state index contributed by atoms with van der Waals surface area (Å²) in [5.41, 5.74) is 8.92. The van der Waals surface area contributed by atoms with Gasteiger partial charge >= 0.3 is 0 Å². The van der Waals surface area contributed by atoms with Gasteiger partial charge in [0.15, 0.2) is 0 Å². The van der Waals surface area contributed by atoms with Crippen molar-refractivity contribution in [3.05, 3.63) is 75.9 Å². The average molecular weight is 566 g/mol. The van der Waals surface area contributed by atoms with Gasteiger partial charge in [0.05, 0.1) is 12.3 Å². The van der Waals surface area contributed by atoms with Crippen LogP contribution in [0.4, 0.5) is 0 Å². The fraction of sp³-hybridized carbons (Fsp3) is 0.433. The highest BCUT2D eigenvalue weighted by atomic mass is 79.9. The van der Waals surface area contributed by atoms with Crippen molar-refractivity contribution in [3.8, 4) is 0 Å². The fourth-order valence-corrected chi connectivity index (χ4v) is 6.01. The zero-order valence-corrected chi connectivity index (χ0v) is 23.7. The number of fused-ring (bicyclic) bond motifs is 1. The van der Waals surface area contributed by atoms with E-state index >= 15 is 0 Å². The zero-order valence-electron chi connectivity index (χ0n) is 22.1. The Morgan fingerprint density at radius 3 is 2.35 bits per heavy atom. The van der Waals surface area contributed by atoms with Crippen LogP contribution in [-0.4, -0.2) is 58.6 Å². The van der Waals surface area contributed by atoms with Crippen molar-refractivity contribution in [2.24, 2.45) is 7.05 Å². The quantitative estimate of drug-likeness (QED) is 0.374. The molecule has 0 bridgehead atoms. The first-order chi connectivity index (χ1) is 17.9. The van der Waals surface area contributed by atoms with Crippen LogP contribution in [0.25, 0.3) is 16.6 Å². The summed E-state index contributed by atoms with van der Waals surface area (Å²) < 4.78 is 3.15. The van der Waals surface area contributed by atoms with Crippen molar-refractivity contribution < 1.29 is 9.63 Å². The summed E-state index contributed by atoms with van der Waals surface area (Å²) >= 11 is 3.54. The van der Waals surface area contributed by atoms with Gasteiger partial charge in [-0.05, 0) is 86.4 Å². The lowest BCUT2D eigenvalue weighted by atomic mass is 9.85. The number of rotatable bonds is 6. The molecule has 5 rings (SSSR count). The molecular weight excluding hydrogens is 528 g/mol. The Kier molecular flexibility index (Phi) is 7.75. The molecule has 0 spiro atoms. The van der Waals surface area contributed by atoms with E-state index in [0.29, 0.717) is 6.61 Å². The lowest BCUT2D eigenvalue weighted by Crippen LogP contribution is -2.56. The van der Waals surface area contributed by atoms with E-state index in [9.17, 15) is 4.79 Å². The molecule has 1 amide bonds. The van der Waals surface area contributed by atoms with Gasteiger partial charge in [-0.15, -0.1) is 0 Å². The van der Waals surface area contributed by atoms with Crippen molar-refractivity contribution in [1.82, 2.24) is 19.8 Å². The highest BCUT2D eigenvalue weighted by Gasteiger charge is 2.38. The first-order valence-electron chi connectivity index (χ1n) is 13.3. The standard InChI is InChI=1S/C30H37BrN4O2/c1-4-37-32-28(23-7-9-26(31)10-8-23)24-12-17-35(18-13-24)30(2)14-19-34(20-15-30)29(36)25-6-5-22-11-16-33(3)27(22)21-25/h5-11,16,21,32H,4,12-15,17-20H2,1-3H3. The van der Waals surface area contributed by atoms with Gasteiger partial charge in [0.1, 0.15) is 0 Å². The maximum absolute atomic E-state index is 13.3. The number of nitrogens with zero attached hydrogens (tertiary/aromatic N) is 3. The van der Waals surface area contributed by atoms with Crippen molar-refractivity contribution >= 4 is 38.4 Å². The smallest absolute Gasteiger partial charge is 0.253 e. The largest absolute Gasteiger partial charge is 0.351 e. The number of hydrogen-bond donors (Lipinski definition) is 1. The van der Waals surface area contributed by atoms with E-state index in [4.69, 9.17) is 4.84 Å². The first kappa shape index (κ1) is 26.0. The molecular formula is C30H37BrN4O2. The predicted octanol–water partition coefficient (Wildman–Crippen LogP) is 5.98. The van der Waals surface area contributed by atoms with Crippen molar-refractivity contribution in [2.45, 2.75) is 45.1 Å². The van der Waals surface area contributed by atoms with E-state index in [1.165, 1.54) is 11.0 Å². The molecule has 1 N–H and O–H groups in total. The first-order valence-corrected chi connectivity index (χ1v) is 14.1. The highest BCUT2D eigenvalue weighted by molar-refractivity contribution is 9.10. The molecule has 0 atom stereocenters. The molecule has 3 aromatic rings. The van der Waals surface area contributed by atoms with Gasteiger partial charge in [0, 0.05) is 60.5 Å². The maximum Gasteiger partial charge on any atom is 0.253 e. The number of hydrogen-bond acceptors (Lipinski definition) is 4. The minimum Gasteiger partial charge on any atom is -0.351 e. The Morgan fingerprint density at radius 1 is 1.00 bits per heavy atom. The molecule has 3 heterocycles. The summed E-state index contributed by atoms with van der Waals surface area (Å²) in [4.78, 5) is 23.6. The number of carbonyl (C=O) groups is 1. The average Bonchev–Trinajstić information content (AvgIpc) is 3.30. The lowest BCUT2D eigenvalue weighted by Gasteiger charge is -2.48. The van der Waals surface area contributed by atoms with Gasteiger partial charge in [0.2, 0.25) is 0 Å². The van der Waals surface area contributed by atoms with Crippen molar-refractivity contribution in [2.75, 3.05) is 32.8 Å². The van der Waals surface area contributed by atoms with Gasteiger partial charge in [-0.25, -0.2) is 0 Å². The van der Waals surface area contributed by atoms with Gasteiger partial charge in [-0.3, -0.25) is 20.0 Å². The maximum atomic E-state index is 13.3. The van der Waals surface area contributed by atoms with Crippen LogP contribution in [0.2, 0.25) is 0 Å². The number of aryl methyl sites for hydroxylation is 1. The summed E-state index contributed by atoms with van der Waals surface area (Å²) in [6.07, 6.45) is 6.07. The second-order valence-corrected chi connectivity index (χ2v) is 11.4. The summed E-state index contributed by atoms with van der Waals surface area (Å²) in [6, 6.07) is 16.6. The second-order valence-electron chi connectivity index (χ2n) is 10.5. The molecule has 196 valence electrons. The van der Waals surface area contributed by atoms with E-state index in [-0.39, 0.29) is 11.4 Å². The molecule has 0 radical (unpaired) electrons. The Hall–Kier alpha value is -2.61. The molecule has 2 saturated heterocycles. The number of amides is 1. The van der Waals surface area contributed by atoms with Gasteiger partial charge < -0.3 is 9.47 Å². The molecule has 2 aliphatic rings. The highest BCUT2D eigenvalue weighted by Crippen LogP contribution is 2.35. The topological polar surface area (TPSA) is 49.7 Å². The Labute approximate surface area is 228 Å². The molecule has 2 aromatic carbocycles. The Morgan fingerprint density at radius 2 is 1.68 bits per heavy atom. The minimum absolute atomic E-state index is 0.121. The van der Waals surface area contributed by atoms with E-state index in [1.807, 2.05) is 37.2 Å². The predicted molar refractivity (Wildman–Crippen MR) is 153 cm³/mol. The summed E-state index contributed by atoms with van der Waals surface area (Å²) in [5.74, 6) is 0.148. The van der Waals surface area contributed by atoms with Crippen LogP contribution in [-0.2, 0) is 11.9 Å². The molecule has 0 unspecified atom stereocenters. The molecule has 7 heteroatoms. The van der Waals surface area contributed by atoms with Crippen LogP contribution < -0.4 is 5.48 Å². The number of halogens is 1. The SMILES string of the molecule is CCONC(=C1CCN(C2(C)CCN(C(=O)c3ccc4ccn(C)c4c3)CC2)CC1)c1ccc(Br)cc1. The number of likely N-dealkylation sites (tertiary alicyclic amines) is 2. The summed E-state index contributed by atoms with van der Waals surface area (Å²) in [7, 11) is 2.02. The van der Waals surface area contributed by atoms with Crippen LogP contribution in [0.15, 0.2) is 64.8 Å². The number of hydroxylamine groups is 1. The third-order valence-corrected chi connectivity index (χ3v) is 8.73. The lowest BCUT2D eigenvalue weighted by molar-refractivity contribution is 0.0256. The number of benzene rings is 2. The van der Waals surface area contributed by atoms with Crippen LogP contribution in [0.3, 0.4) is 0 Å². The van der Waals surface area contributed by atoms with E-state index in [2.05, 4.69) is 74.2 Å². The number of carbonyl (C=O) groups excluding carboxylic acids is 1. The molecule has 2 aliphatic heterocycles. The van der Waals surface area contributed by atoms with Crippen LogP contribution in [0, 0.1) is 0 Å². The van der Waals surface area contributed by atoms with Crippen molar-refractivity contribution in [1.29, 1.82) is 0 Å². The van der Waals surface area contributed by atoms with E-state index in [0.717, 1.165) is 78.7 Å². The monoisotopic (exact) mass is 564 g/mol. The summed E-state index contributed by atoms with van der Waals surface area (Å²) in [6.45, 7) is 8.65. The van der Waals surface area contributed by atoms with Crippen LogP contribution in [0.1, 0.15) is 55.5 Å². The van der Waals surface area contributed by atoms with Crippen LogP contribution in [0.5, 0.6) is 0 Å². The Balaban J connectivity index is 1.22. The third kappa shape index (κ3) is 5.49. The zero-order chi connectivity index (χ0) is 26.0. The third-order valence-electron chi connectivity index (χ3n) is 8.20. The van der Waals surface area contributed by atoms with Gasteiger partial charge in [0.25, 0.3) is 5.91 Å². The molecule has 2 fully saturated rings. The van der Waals surface area contributed by atoms with E-state index < -0.39 is 0 Å². The molecule has 1 aromatic heterocycles. The minimum atomic E-state index is 0.121. The molecule has 6 nitrogen and oxygen atoms in total. The number of nitrogens with one attached hydrogen (secondary N) is 1. The summed E-state index contributed by atoms with van der Waals surface area (Å²) in [5, 5.41) is 1.17. The van der Waals surface area contributed by atoms with Crippen molar-refractivity contribution in [3.63, 3.8) is 0 Å². The number of piperidine rings is 2. The Bertz CT molecular complexity index is 1280. The molecule has 37 heavy (non-hydrogen) atoms. The molecule has 0 aliphatic carbocycles.